The SMILES string of the molecule is Cc1nc(C(N)=O)sc1Oc1ccc(-n2ncn(Cc3c(F)cccc3C#N)c2=O)cc1F. The highest BCUT2D eigenvalue weighted by atomic mass is 32.1. The maximum absolute atomic E-state index is 14.7. The molecule has 0 radical (unpaired) electrons. The summed E-state index contributed by atoms with van der Waals surface area (Å²) < 4.78 is 36.4. The van der Waals surface area contributed by atoms with Crippen molar-refractivity contribution >= 4 is 17.2 Å². The molecule has 0 aliphatic heterocycles. The largest absolute Gasteiger partial charge is 0.442 e. The van der Waals surface area contributed by atoms with Crippen LogP contribution in [0.5, 0.6) is 10.8 Å². The predicted octanol–water partition coefficient (Wildman–Crippen LogP) is 2.89. The molecular formula is C21H14F2N6O3S. The van der Waals surface area contributed by atoms with E-state index in [1.54, 1.807) is 6.92 Å². The van der Waals surface area contributed by atoms with Gasteiger partial charge in [-0.25, -0.2) is 18.6 Å². The van der Waals surface area contributed by atoms with Crippen molar-refractivity contribution in [1.29, 1.82) is 5.26 Å². The van der Waals surface area contributed by atoms with Crippen LogP contribution < -0.4 is 16.2 Å². The van der Waals surface area contributed by atoms with Gasteiger partial charge in [0.25, 0.3) is 5.91 Å². The van der Waals surface area contributed by atoms with E-state index in [2.05, 4.69) is 10.1 Å². The topological polar surface area (TPSA) is 129 Å². The summed E-state index contributed by atoms with van der Waals surface area (Å²) in [6, 6.07) is 9.67. The van der Waals surface area contributed by atoms with E-state index in [1.807, 2.05) is 6.07 Å². The number of nitrogens with two attached hydrogens (primary N) is 1. The Labute approximate surface area is 188 Å². The first-order valence-corrected chi connectivity index (χ1v) is 10.2. The number of primary amides is 1. The second kappa shape index (κ2) is 8.64. The van der Waals surface area contributed by atoms with E-state index in [0.717, 1.165) is 26.7 Å². The van der Waals surface area contributed by atoms with Crippen LogP contribution in [0.1, 0.15) is 26.6 Å². The van der Waals surface area contributed by atoms with Crippen molar-refractivity contribution in [2.75, 3.05) is 0 Å². The zero-order chi connectivity index (χ0) is 23.7. The van der Waals surface area contributed by atoms with Gasteiger partial charge in [0, 0.05) is 11.6 Å². The van der Waals surface area contributed by atoms with Crippen LogP contribution in [0.4, 0.5) is 8.78 Å². The van der Waals surface area contributed by atoms with Crippen molar-refractivity contribution in [2.45, 2.75) is 13.5 Å². The second-order valence-electron chi connectivity index (χ2n) is 6.80. The lowest BCUT2D eigenvalue weighted by molar-refractivity contribution is 0.1000. The lowest BCUT2D eigenvalue weighted by Gasteiger charge is -2.07. The number of nitrogens with zero attached hydrogens (tertiary/aromatic N) is 5. The van der Waals surface area contributed by atoms with Crippen LogP contribution in [0.3, 0.4) is 0 Å². The summed E-state index contributed by atoms with van der Waals surface area (Å²) >= 11 is 0.884. The molecule has 2 aromatic carbocycles. The molecule has 1 amide bonds. The summed E-state index contributed by atoms with van der Waals surface area (Å²) in [4.78, 5) is 28.0. The maximum atomic E-state index is 14.7. The quantitative estimate of drug-likeness (QED) is 0.463. The van der Waals surface area contributed by atoms with Crippen LogP contribution in [-0.4, -0.2) is 25.2 Å². The number of aryl methyl sites for hydroxylation is 1. The fraction of sp³-hybridized carbons (Fsp3) is 0.0952. The van der Waals surface area contributed by atoms with Gasteiger partial charge < -0.3 is 10.5 Å². The predicted molar refractivity (Wildman–Crippen MR) is 113 cm³/mol. The Morgan fingerprint density at radius 2 is 2.06 bits per heavy atom. The second-order valence-corrected chi connectivity index (χ2v) is 7.77. The highest BCUT2D eigenvalue weighted by Gasteiger charge is 2.17. The van der Waals surface area contributed by atoms with E-state index in [4.69, 9.17) is 10.5 Å². The number of halogens is 2. The molecule has 0 bridgehead atoms. The molecule has 33 heavy (non-hydrogen) atoms. The van der Waals surface area contributed by atoms with E-state index >= 15 is 0 Å². The highest BCUT2D eigenvalue weighted by Crippen LogP contribution is 2.33. The molecule has 4 rings (SSSR count). The number of hydrogen-bond acceptors (Lipinski definition) is 7. The van der Waals surface area contributed by atoms with Gasteiger partial charge in [0.05, 0.1) is 29.6 Å². The number of hydrogen-bond donors (Lipinski definition) is 1. The molecule has 4 aromatic rings. The molecular weight excluding hydrogens is 454 g/mol. The number of ether oxygens (including phenoxy) is 1. The third kappa shape index (κ3) is 4.21. The van der Waals surface area contributed by atoms with E-state index in [1.165, 1.54) is 36.7 Å². The molecule has 0 unspecified atom stereocenters. The van der Waals surface area contributed by atoms with E-state index in [0.29, 0.717) is 5.69 Å². The van der Waals surface area contributed by atoms with Gasteiger partial charge >= 0.3 is 5.69 Å². The highest BCUT2D eigenvalue weighted by molar-refractivity contribution is 7.15. The zero-order valence-corrected chi connectivity index (χ0v) is 17.8. The molecule has 12 heteroatoms. The van der Waals surface area contributed by atoms with Gasteiger partial charge in [-0.1, -0.05) is 17.4 Å². The molecule has 9 nitrogen and oxygen atoms in total. The summed E-state index contributed by atoms with van der Waals surface area (Å²) in [6.07, 6.45) is 1.17. The Kier molecular flexibility index (Phi) is 5.72. The third-order valence-electron chi connectivity index (χ3n) is 4.63. The van der Waals surface area contributed by atoms with Crippen molar-refractivity contribution in [3.8, 4) is 22.6 Å². The molecule has 166 valence electrons. The molecule has 2 N–H and O–H groups in total. The molecule has 2 aromatic heterocycles. The van der Waals surface area contributed by atoms with Crippen molar-refractivity contribution in [3.63, 3.8) is 0 Å². The molecule has 2 heterocycles. The number of nitriles is 1. The van der Waals surface area contributed by atoms with Crippen LogP contribution in [-0.2, 0) is 6.54 Å². The third-order valence-corrected chi connectivity index (χ3v) is 5.68. The Morgan fingerprint density at radius 3 is 2.73 bits per heavy atom. The van der Waals surface area contributed by atoms with Gasteiger partial charge in [0.15, 0.2) is 16.6 Å². The fourth-order valence-electron chi connectivity index (χ4n) is 3.00. The van der Waals surface area contributed by atoms with Crippen LogP contribution in [0.25, 0.3) is 5.69 Å². The van der Waals surface area contributed by atoms with Crippen molar-refractivity contribution in [3.05, 3.63) is 86.7 Å². The minimum Gasteiger partial charge on any atom is -0.442 e. The Bertz CT molecular complexity index is 1480. The first-order chi connectivity index (χ1) is 15.8. The molecule has 0 atom stereocenters. The Morgan fingerprint density at radius 1 is 1.27 bits per heavy atom. The van der Waals surface area contributed by atoms with Gasteiger partial charge in [0.2, 0.25) is 5.06 Å². The zero-order valence-electron chi connectivity index (χ0n) is 17.0. The van der Waals surface area contributed by atoms with E-state index in [-0.39, 0.29) is 39.2 Å². The minimum atomic E-state index is -0.789. The lowest BCUT2D eigenvalue weighted by Crippen LogP contribution is -2.24. The van der Waals surface area contributed by atoms with Crippen molar-refractivity contribution < 1.29 is 18.3 Å². The maximum Gasteiger partial charge on any atom is 0.350 e. The first-order valence-electron chi connectivity index (χ1n) is 9.35. The summed E-state index contributed by atoms with van der Waals surface area (Å²) in [6.45, 7) is 1.37. The van der Waals surface area contributed by atoms with Gasteiger partial charge in [0.1, 0.15) is 12.1 Å². The minimum absolute atomic E-state index is 0.0334. The fourth-order valence-corrected chi connectivity index (χ4v) is 3.78. The van der Waals surface area contributed by atoms with Crippen LogP contribution in [0.2, 0.25) is 0 Å². The molecule has 0 saturated carbocycles. The summed E-state index contributed by atoms with van der Waals surface area (Å²) in [7, 11) is 0. The van der Waals surface area contributed by atoms with Crippen molar-refractivity contribution in [2.24, 2.45) is 5.73 Å². The number of amides is 1. The van der Waals surface area contributed by atoms with Crippen LogP contribution in [0, 0.1) is 29.9 Å². The Hall–Kier alpha value is -4.37. The number of carbonyl (C=O) groups excluding carboxylic acids is 1. The van der Waals surface area contributed by atoms with Gasteiger partial charge in [-0.05, 0) is 31.2 Å². The van der Waals surface area contributed by atoms with E-state index in [9.17, 15) is 23.6 Å². The molecule has 0 spiro atoms. The smallest absolute Gasteiger partial charge is 0.350 e. The van der Waals surface area contributed by atoms with Gasteiger partial charge in [-0.15, -0.1) is 0 Å². The number of benzene rings is 2. The van der Waals surface area contributed by atoms with Crippen LogP contribution >= 0.6 is 11.3 Å². The Balaban J connectivity index is 1.61. The van der Waals surface area contributed by atoms with E-state index < -0.39 is 23.2 Å². The molecule has 0 aliphatic rings. The normalized spacial score (nSPS) is 10.7. The monoisotopic (exact) mass is 468 g/mol. The van der Waals surface area contributed by atoms with Gasteiger partial charge in [-0.2, -0.15) is 15.0 Å². The molecule has 0 saturated heterocycles. The average molecular weight is 468 g/mol. The molecule has 0 aliphatic carbocycles. The molecule has 0 fully saturated rings. The van der Waals surface area contributed by atoms with Gasteiger partial charge in [-0.3, -0.25) is 9.36 Å². The summed E-state index contributed by atoms with van der Waals surface area (Å²) in [5.74, 6) is -2.29. The average Bonchev–Trinajstić information content (AvgIpc) is 3.33. The standard InChI is InChI=1S/C21H14F2N6O3S/c1-11-20(33-19(27-11)18(25)30)32-17-6-5-13(7-16(17)23)29-21(31)28(10-26-29)9-14-12(8-24)3-2-4-15(14)22/h2-7,10H,9H2,1H3,(H2,25,30). The number of aromatic nitrogens is 4. The summed E-state index contributed by atoms with van der Waals surface area (Å²) in [5.41, 5.74) is 5.17. The first kappa shape index (κ1) is 21.8. The van der Waals surface area contributed by atoms with Crippen molar-refractivity contribution in [1.82, 2.24) is 19.3 Å². The lowest BCUT2D eigenvalue weighted by atomic mass is 10.1. The number of carbonyl (C=O) groups is 1. The number of thiazole rings is 1. The van der Waals surface area contributed by atoms with Crippen LogP contribution in [0.15, 0.2) is 47.5 Å². The summed E-state index contributed by atoms with van der Waals surface area (Å²) in [5, 5.41) is 13.4. The number of rotatable bonds is 6.